The van der Waals surface area contributed by atoms with Gasteiger partial charge in [-0.25, -0.2) is 12.7 Å². The summed E-state index contributed by atoms with van der Waals surface area (Å²) in [5.41, 5.74) is 1.28. The summed E-state index contributed by atoms with van der Waals surface area (Å²) in [5, 5.41) is 0. The average molecular weight is 382 g/mol. The number of ether oxygens (including phenoxy) is 1. The van der Waals surface area contributed by atoms with Crippen molar-refractivity contribution in [3.8, 4) is 0 Å². The van der Waals surface area contributed by atoms with E-state index in [2.05, 4.69) is 16.0 Å². The molecule has 0 bridgehead atoms. The highest BCUT2D eigenvalue weighted by atomic mass is 32.2. The lowest BCUT2D eigenvalue weighted by molar-refractivity contribution is 0.0307. The Morgan fingerprint density at radius 1 is 1.27 bits per heavy atom. The summed E-state index contributed by atoms with van der Waals surface area (Å²) in [6.45, 7) is 7.49. The standard InChI is InChI=1S/C19H31N3O3S/c1-2-3-13-26(23,24)22-9-6-19(7-10-22)16-21(11-12-25-17-19)15-18-5-4-8-20-14-18/h4-5,8,14H,2-3,6-7,9-13,15-17H2,1H3. The van der Waals surface area contributed by atoms with Gasteiger partial charge in [0, 0.05) is 50.5 Å². The Morgan fingerprint density at radius 2 is 2.08 bits per heavy atom. The van der Waals surface area contributed by atoms with E-state index in [-0.39, 0.29) is 11.2 Å². The van der Waals surface area contributed by atoms with Crippen LogP contribution in [0.2, 0.25) is 0 Å². The van der Waals surface area contributed by atoms with Gasteiger partial charge < -0.3 is 4.74 Å². The molecule has 0 aliphatic carbocycles. The van der Waals surface area contributed by atoms with Crippen LogP contribution in [0.3, 0.4) is 0 Å². The Kier molecular flexibility index (Phi) is 6.66. The van der Waals surface area contributed by atoms with Gasteiger partial charge in [0.1, 0.15) is 0 Å². The maximum atomic E-state index is 12.5. The highest BCUT2D eigenvalue weighted by Crippen LogP contribution is 2.35. The van der Waals surface area contributed by atoms with Crippen LogP contribution in [0.25, 0.3) is 0 Å². The van der Waals surface area contributed by atoms with Crippen LogP contribution in [-0.4, -0.2) is 67.8 Å². The van der Waals surface area contributed by atoms with Crippen LogP contribution in [0, 0.1) is 5.41 Å². The van der Waals surface area contributed by atoms with Gasteiger partial charge in [-0.15, -0.1) is 0 Å². The fraction of sp³-hybridized carbons (Fsp3) is 0.737. The molecule has 0 amide bonds. The fourth-order valence-corrected chi connectivity index (χ4v) is 5.61. The number of piperidine rings is 1. The second-order valence-electron chi connectivity index (χ2n) is 7.69. The highest BCUT2D eigenvalue weighted by molar-refractivity contribution is 7.89. The molecule has 146 valence electrons. The molecule has 2 fully saturated rings. The van der Waals surface area contributed by atoms with E-state index in [0.29, 0.717) is 13.1 Å². The van der Waals surface area contributed by atoms with Crippen molar-refractivity contribution in [3.05, 3.63) is 30.1 Å². The van der Waals surface area contributed by atoms with Crippen LogP contribution in [0.5, 0.6) is 0 Å². The van der Waals surface area contributed by atoms with Crippen LogP contribution < -0.4 is 0 Å². The average Bonchev–Trinajstić information content (AvgIpc) is 2.83. The summed E-state index contributed by atoms with van der Waals surface area (Å²) in [6.07, 6.45) is 7.12. The number of rotatable bonds is 6. The minimum atomic E-state index is -3.10. The Morgan fingerprint density at radius 3 is 2.77 bits per heavy atom. The Labute approximate surface area is 157 Å². The maximum Gasteiger partial charge on any atom is 0.214 e. The molecule has 26 heavy (non-hydrogen) atoms. The molecule has 1 aromatic rings. The van der Waals surface area contributed by atoms with Gasteiger partial charge in [-0.2, -0.15) is 0 Å². The second kappa shape index (κ2) is 8.78. The van der Waals surface area contributed by atoms with E-state index in [0.717, 1.165) is 58.5 Å². The first-order valence-corrected chi connectivity index (χ1v) is 11.3. The summed E-state index contributed by atoms with van der Waals surface area (Å²) in [6, 6.07) is 4.08. The highest BCUT2D eigenvalue weighted by Gasteiger charge is 2.40. The minimum Gasteiger partial charge on any atom is -0.379 e. The number of pyridine rings is 1. The molecule has 7 heteroatoms. The Hall–Kier alpha value is -1.02. The molecule has 1 aromatic heterocycles. The molecular weight excluding hydrogens is 350 g/mol. The van der Waals surface area contributed by atoms with Gasteiger partial charge in [-0.1, -0.05) is 19.4 Å². The van der Waals surface area contributed by atoms with Crippen molar-refractivity contribution in [1.29, 1.82) is 0 Å². The quantitative estimate of drug-likeness (QED) is 0.755. The Balaban J connectivity index is 1.61. The number of hydrogen-bond acceptors (Lipinski definition) is 5. The van der Waals surface area contributed by atoms with Crippen molar-refractivity contribution in [3.63, 3.8) is 0 Å². The predicted molar refractivity (Wildman–Crippen MR) is 102 cm³/mol. The summed E-state index contributed by atoms with van der Waals surface area (Å²) < 4.78 is 32.5. The topological polar surface area (TPSA) is 62.7 Å². The fourth-order valence-electron chi connectivity index (χ4n) is 3.96. The van der Waals surface area contributed by atoms with Crippen LogP contribution in [-0.2, 0) is 21.3 Å². The normalized spacial score (nSPS) is 22.3. The number of unbranched alkanes of at least 4 members (excludes halogenated alkanes) is 1. The molecule has 0 aromatic carbocycles. The van der Waals surface area contributed by atoms with Gasteiger partial charge in [-0.05, 0) is 30.9 Å². The zero-order chi connectivity index (χ0) is 18.5. The first-order valence-electron chi connectivity index (χ1n) is 9.70. The molecule has 0 unspecified atom stereocenters. The lowest BCUT2D eigenvalue weighted by Crippen LogP contribution is -2.49. The summed E-state index contributed by atoms with van der Waals surface area (Å²) in [5.74, 6) is 0.278. The first-order chi connectivity index (χ1) is 12.5. The molecule has 1 spiro atoms. The van der Waals surface area contributed by atoms with E-state index in [1.807, 2.05) is 19.2 Å². The summed E-state index contributed by atoms with van der Waals surface area (Å²) in [7, 11) is -3.10. The molecule has 2 saturated heterocycles. The van der Waals surface area contributed by atoms with E-state index in [1.54, 1.807) is 10.5 Å². The third-order valence-electron chi connectivity index (χ3n) is 5.58. The molecule has 6 nitrogen and oxygen atoms in total. The van der Waals surface area contributed by atoms with Crippen molar-refractivity contribution in [1.82, 2.24) is 14.2 Å². The zero-order valence-electron chi connectivity index (χ0n) is 15.8. The van der Waals surface area contributed by atoms with Crippen LogP contribution in [0.15, 0.2) is 24.5 Å². The largest absolute Gasteiger partial charge is 0.379 e. The molecule has 0 radical (unpaired) electrons. The van der Waals surface area contributed by atoms with Gasteiger partial charge >= 0.3 is 0 Å². The van der Waals surface area contributed by atoms with Crippen molar-refractivity contribution in [2.24, 2.45) is 5.41 Å². The first kappa shape index (κ1) is 19.7. The molecule has 0 saturated carbocycles. The number of nitrogens with zero attached hydrogens (tertiary/aromatic N) is 3. The van der Waals surface area contributed by atoms with E-state index >= 15 is 0 Å². The maximum absolute atomic E-state index is 12.5. The van der Waals surface area contributed by atoms with E-state index in [1.165, 1.54) is 5.56 Å². The van der Waals surface area contributed by atoms with Crippen LogP contribution in [0.1, 0.15) is 38.2 Å². The van der Waals surface area contributed by atoms with Crippen molar-refractivity contribution in [2.45, 2.75) is 39.2 Å². The van der Waals surface area contributed by atoms with Gasteiger partial charge in [-0.3, -0.25) is 9.88 Å². The summed E-state index contributed by atoms with van der Waals surface area (Å²) >= 11 is 0. The molecule has 3 rings (SSSR count). The lowest BCUT2D eigenvalue weighted by atomic mass is 9.79. The Bertz CT molecular complexity index is 658. The number of hydrogen-bond donors (Lipinski definition) is 0. The minimum absolute atomic E-state index is 0.0650. The molecule has 0 N–H and O–H groups in total. The van der Waals surface area contributed by atoms with E-state index in [9.17, 15) is 8.42 Å². The second-order valence-corrected chi connectivity index (χ2v) is 9.78. The van der Waals surface area contributed by atoms with Gasteiger partial charge in [0.05, 0.1) is 19.0 Å². The molecular formula is C19H31N3O3S. The molecule has 3 heterocycles. The third kappa shape index (κ3) is 5.03. The monoisotopic (exact) mass is 381 g/mol. The zero-order valence-corrected chi connectivity index (χ0v) is 16.6. The number of sulfonamides is 1. The third-order valence-corrected chi connectivity index (χ3v) is 7.54. The van der Waals surface area contributed by atoms with Gasteiger partial charge in [0.2, 0.25) is 10.0 Å². The predicted octanol–water partition coefficient (Wildman–Crippen LogP) is 2.13. The van der Waals surface area contributed by atoms with Crippen molar-refractivity contribution < 1.29 is 13.2 Å². The SMILES string of the molecule is CCCCS(=O)(=O)N1CCC2(CC1)COCCN(Cc1cccnc1)C2. The lowest BCUT2D eigenvalue weighted by Gasteiger charge is -2.42. The van der Waals surface area contributed by atoms with E-state index in [4.69, 9.17) is 4.74 Å². The molecule has 2 aliphatic rings. The molecule has 0 atom stereocenters. The van der Waals surface area contributed by atoms with Gasteiger partial charge in [0.25, 0.3) is 0 Å². The molecule has 2 aliphatic heterocycles. The smallest absolute Gasteiger partial charge is 0.214 e. The van der Waals surface area contributed by atoms with Crippen LogP contribution >= 0.6 is 0 Å². The van der Waals surface area contributed by atoms with Gasteiger partial charge in [0.15, 0.2) is 0 Å². The van der Waals surface area contributed by atoms with E-state index < -0.39 is 10.0 Å². The van der Waals surface area contributed by atoms with Crippen LogP contribution in [0.4, 0.5) is 0 Å². The summed E-state index contributed by atoms with van der Waals surface area (Å²) in [4.78, 5) is 6.64. The van der Waals surface area contributed by atoms with Crippen molar-refractivity contribution >= 4 is 10.0 Å². The van der Waals surface area contributed by atoms with Crippen molar-refractivity contribution in [2.75, 3.05) is 45.1 Å². The number of aromatic nitrogens is 1.